The second kappa shape index (κ2) is 5.04. The number of Topliss-reactive ketones (excluding diaryl/α,β-unsaturated/α-hetero) is 1. The molecular weight excluding hydrogens is 278 g/mol. The van der Waals surface area contributed by atoms with Crippen LogP contribution in [0.1, 0.15) is 23.2 Å². The Hall–Kier alpha value is -2.08. The van der Waals surface area contributed by atoms with Crippen LogP contribution < -0.4 is 10.2 Å². The summed E-state index contributed by atoms with van der Waals surface area (Å²) in [6.07, 6.45) is 2.22. The van der Waals surface area contributed by atoms with Crippen LogP contribution in [0.5, 0.6) is 0 Å². The van der Waals surface area contributed by atoms with E-state index in [0.717, 1.165) is 29.9 Å². The second-order valence-corrected chi connectivity index (χ2v) is 5.38. The minimum atomic E-state index is -1.01. The van der Waals surface area contributed by atoms with Gasteiger partial charge in [-0.3, -0.25) is 14.5 Å². The van der Waals surface area contributed by atoms with E-state index in [0.29, 0.717) is 18.2 Å². The molecule has 0 unspecified atom stereocenters. The average molecular weight is 292 g/mol. The van der Waals surface area contributed by atoms with Crippen molar-refractivity contribution in [2.45, 2.75) is 18.9 Å². The van der Waals surface area contributed by atoms with E-state index in [9.17, 15) is 18.4 Å². The lowest BCUT2D eigenvalue weighted by Gasteiger charge is -2.18. The number of amides is 1. The maximum Gasteiger partial charge on any atom is 0.299 e. The van der Waals surface area contributed by atoms with Crippen LogP contribution in [0, 0.1) is 11.6 Å². The zero-order valence-electron chi connectivity index (χ0n) is 11.3. The van der Waals surface area contributed by atoms with Gasteiger partial charge in [0.15, 0.2) is 0 Å². The third kappa shape index (κ3) is 2.47. The zero-order chi connectivity index (χ0) is 15.1. The number of nitrogens with one attached hydrogen (secondary N) is 1. The molecule has 1 N–H and O–H groups in total. The van der Waals surface area contributed by atoms with E-state index in [2.05, 4.69) is 11.9 Å². The lowest BCUT2D eigenvalue weighted by Crippen LogP contribution is -2.34. The molecule has 0 saturated heterocycles. The van der Waals surface area contributed by atoms with Crippen LogP contribution >= 0.6 is 0 Å². The van der Waals surface area contributed by atoms with Crippen LogP contribution in [0.15, 0.2) is 24.3 Å². The van der Waals surface area contributed by atoms with E-state index >= 15 is 0 Å². The number of anilines is 1. The monoisotopic (exact) mass is 292 g/mol. The molecule has 1 saturated carbocycles. The van der Waals surface area contributed by atoms with Crippen molar-refractivity contribution in [2.75, 3.05) is 18.0 Å². The van der Waals surface area contributed by atoms with Crippen LogP contribution in [0.4, 0.5) is 14.5 Å². The summed E-state index contributed by atoms with van der Waals surface area (Å²) in [6, 6.07) is 2.24. The van der Waals surface area contributed by atoms with Gasteiger partial charge >= 0.3 is 0 Å². The molecule has 4 nitrogen and oxygen atoms in total. The number of fused-ring (bicyclic) bond motifs is 1. The topological polar surface area (TPSA) is 49.4 Å². The molecule has 0 atom stereocenters. The zero-order valence-corrected chi connectivity index (χ0v) is 11.3. The number of halogens is 2. The van der Waals surface area contributed by atoms with Crippen LogP contribution in [0.25, 0.3) is 0 Å². The Kier molecular flexibility index (Phi) is 3.33. The van der Waals surface area contributed by atoms with Crippen molar-refractivity contribution < 1.29 is 18.4 Å². The third-order valence-electron chi connectivity index (χ3n) is 3.61. The van der Waals surface area contributed by atoms with E-state index in [1.165, 1.54) is 0 Å². The van der Waals surface area contributed by atoms with Gasteiger partial charge in [0.2, 0.25) is 0 Å². The minimum absolute atomic E-state index is 0.00231. The van der Waals surface area contributed by atoms with Gasteiger partial charge in [-0.05, 0) is 30.5 Å². The van der Waals surface area contributed by atoms with Crippen molar-refractivity contribution in [3.05, 3.63) is 41.5 Å². The Morgan fingerprint density at radius 3 is 2.62 bits per heavy atom. The summed E-state index contributed by atoms with van der Waals surface area (Å²) in [7, 11) is 0. The van der Waals surface area contributed by atoms with Crippen molar-refractivity contribution in [3.8, 4) is 0 Å². The molecule has 1 heterocycles. The molecule has 0 radical (unpaired) electrons. The van der Waals surface area contributed by atoms with Crippen molar-refractivity contribution in [2.24, 2.45) is 0 Å². The highest BCUT2D eigenvalue weighted by molar-refractivity contribution is 6.52. The molecule has 0 aromatic heterocycles. The maximum absolute atomic E-state index is 13.9. The highest BCUT2D eigenvalue weighted by atomic mass is 19.1. The van der Waals surface area contributed by atoms with Crippen LogP contribution in [0.3, 0.4) is 0 Å². The first-order chi connectivity index (χ1) is 9.99. The smallest absolute Gasteiger partial charge is 0.299 e. The predicted molar refractivity (Wildman–Crippen MR) is 73.2 cm³/mol. The Morgan fingerprint density at radius 2 is 1.95 bits per heavy atom. The van der Waals surface area contributed by atoms with Crippen LogP contribution in [0.2, 0.25) is 0 Å². The van der Waals surface area contributed by atoms with Crippen molar-refractivity contribution in [3.63, 3.8) is 0 Å². The van der Waals surface area contributed by atoms with Gasteiger partial charge in [0, 0.05) is 19.1 Å². The van der Waals surface area contributed by atoms with Gasteiger partial charge in [0.05, 0.1) is 11.3 Å². The Labute approximate surface area is 120 Å². The third-order valence-corrected chi connectivity index (χ3v) is 3.61. The standard InChI is InChI=1S/C15H14F2N2O2/c1-8(6-18-9-2-3-9)7-19-13-11(17)5-4-10(16)12(13)14(20)15(19)21/h4-5,9,18H,1-3,6-7H2. The van der Waals surface area contributed by atoms with Gasteiger partial charge in [-0.15, -0.1) is 0 Å². The fraction of sp³-hybridized carbons (Fsp3) is 0.333. The number of carbonyl (C=O) groups excluding carboxylic acids is 2. The molecule has 1 amide bonds. The minimum Gasteiger partial charge on any atom is -0.310 e. The van der Waals surface area contributed by atoms with Crippen molar-refractivity contribution >= 4 is 17.4 Å². The number of nitrogens with zero attached hydrogens (tertiary/aromatic N) is 1. The van der Waals surface area contributed by atoms with Gasteiger partial charge in [0.25, 0.3) is 11.7 Å². The van der Waals surface area contributed by atoms with E-state index in [1.54, 1.807) is 0 Å². The van der Waals surface area contributed by atoms with Gasteiger partial charge in [-0.25, -0.2) is 8.78 Å². The van der Waals surface area contributed by atoms with Crippen molar-refractivity contribution in [1.29, 1.82) is 0 Å². The SMILES string of the molecule is C=C(CNC1CC1)CN1C(=O)C(=O)c2c(F)ccc(F)c21. The highest BCUT2D eigenvalue weighted by Crippen LogP contribution is 2.34. The molecule has 21 heavy (non-hydrogen) atoms. The summed E-state index contributed by atoms with van der Waals surface area (Å²) in [5.74, 6) is -3.59. The number of hydrogen-bond donors (Lipinski definition) is 1. The van der Waals surface area contributed by atoms with Gasteiger partial charge in [-0.1, -0.05) is 6.58 Å². The van der Waals surface area contributed by atoms with E-state index in [-0.39, 0.29) is 12.2 Å². The van der Waals surface area contributed by atoms with Crippen LogP contribution in [-0.2, 0) is 4.79 Å². The van der Waals surface area contributed by atoms with E-state index in [4.69, 9.17) is 0 Å². The Balaban J connectivity index is 1.83. The van der Waals surface area contributed by atoms with E-state index in [1.807, 2.05) is 0 Å². The molecule has 1 aromatic rings. The number of carbonyl (C=O) groups is 2. The summed E-state index contributed by atoms with van der Waals surface area (Å²) in [6.45, 7) is 4.30. The summed E-state index contributed by atoms with van der Waals surface area (Å²) in [4.78, 5) is 24.7. The molecule has 1 aliphatic heterocycles. The lowest BCUT2D eigenvalue weighted by atomic mass is 10.1. The summed E-state index contributed by atoms with van der Waals surface area (Å²) >= 11 is 0. The van der Waals surface area contributed by atoms with Crippen LogP contribution in [-0.4, -0.2) is 30.8 Å². The van der Waals surface area contributed by atoms with Gasteiger partial charge in [-0.2, -0.15) is 0 Å². The number of benzene rings is 1. The molecule has 1 aliphatic carbocycles. The largest absolute Gasteiger partial charge is 0.310 e. The number of ketones is 1. The quantitative estimate of drug-likeness (QED) is 0.665. The summed E-state index contributed by atoms with van der Waals surface area (Å²) < 4.78 is 27.6. The molecule has 2 aliphatic rings. The summed E-state index contributed by atoms with van der Waals surface area (Å²) in [5, 5.41) is 3.22. The first-order valence-electron chi connectivity index (χ1n) is 6.73. The summed E-state index contributed by atoms with van der Waals surface area (Å²) in [5.41, 5.74) is -0.125. The average Bonchev–Trinajstić information content (AvgIpc) is 3.24. The Morgan fingerprint density at radius 1 is 1.29 bits per heavy atom. The molecular formula is C15H14F2N2O2. The number of rotatable bonds is 5. The molecule has 3 rings (SSSR count). The number of hydrogen-bond acceptors (Lipinski definition) is 3. The fourth-order valence-electron chi connectivity index (χ4n) is 2.36. The van der Waals surface area contributed by atoms with Gasteiger partial charge in [0.1, 0.15) is 11.6 Å². The highest BCUT2D eigenvalue weighted by Gasteiger charge is 2.40. The molecule has 110 valence electrons. The first kappa shape index (κ1) is 13.9. The molecule has 1 aromatic carbocycles. The van der Waals surface area contributed by atoms with Crippen molar-refractivity contribution in [1.82, 2.24) is 5.32 Å². The predicted octanol–water partition coefficient (Wildman–Crippen LogP) is 1.80. The lowest BCUT2D eigenvalue weighted by molar-refractivity contribution is -0.114. The Bertz CT molecular complexity index is 653. The van der Waals surface area contributed by atoms with Gasteiger partial charge < -0.3 is 5.32 Å². The second-order valence-electron chi connectivity index (χ2n) is 5.38. The molecule has 6 heteroatoms. The molecule has 0 spiro atoms. The first-order valence-corrected chi connectivity index (χ1v) is 6.73. The van der Waals surface area contributed by atoms with E-state index < -0.39 is 28.9 Å². The molecule has 0 bridgehead atoms. The fourth-order valence-corrected chi connectivity index (χ4v) is 2.36. The normalized spacial score (nSPS) is 17.3. The molecule has 1 fully saturated rings. The maximum atomic E-state index is 13.9.